The molecular formula is C23H17F3N4O. The molecule has 2 aromatic carbocycles. The van der Waals surface area contributed by atoms with Gasteiger partial charge in [0.1, 0.15) is 11.7 Å². The lowest BCUT2D eigenvalue weighted by atomic mass is 9.92. The summed E-state index contributed by atoms with van der Waals surface area (Å²) in [5.41, 5.74) is 3.16. The maximum atomic E-state index is 13.3. The highest BCUT2D eigenvalue weighted by Gasteiger charge is 2.40. The standard InChI is InChI=1S/C23H17F3N4O/c1-13-6-8-14(9-7-13)21-20-16(15-4-2-3-5-17(15)28-20)12-19(31)30(21)22-27-11-10-18(29-22)23(24,25)26/h2-11,21,28H,12H2,1H3. The Labute approximate surface area is 175 Å². The van der Waals surface area contributed by atoms with Gasteiger partial charge >= 0.3 is 6.18 Å². The summed E-state index contributed by atoms with van der Waals surface area (Å²) in [6.07, 6.45) is -3.56. The Morgan fingerprint density at radius 1 is 1.06 bits per heavy atom. The van der Waals surface area contributed by atoms with Gasteiger partial charge in [0.15, 0.2) is 0 Å². The van der Waals surface area contributed by atoms with Crippen LogP contribution in [0.2, 0.25) is 0 Å². The van der Waals surface area contributed by atoms with E-state index in [1.807, 2.05) is 55.5 Å². The smallest absolute Gasteiger partial charge is 0.356 e. The summed E-state index contributed by atoms with van der Waals surface area (Å²) in [6, 6.07) is 15.3. The molecule has 0 radical (unpaired) electrons. The number of para-hydroxylation sites is 1. The molecule has 0 bridgehead atoms. The van der Waals surface area contributed by atoms with Crippen LogP contribution in [0.15, 0.2) is 60.8 Å². The second kappa shape index (κ2) is 6.94. The minimum absolute atomic E-state index is 0.0430. The van der Waals surface area contributed by atoms with Crippen LogP contribution in [-0.4, -0.2) is 20.9 Å². The molecule has 2 aromatic heterocycles. The van der Waals surface area contributed by atoms with Gasteiger partial charge in [-0.15, -0.1) is 0 Å². The van der Waals surface area contributed by atoms with Crippen LogP contribution in [-0.2, 0) is 17.4 Å². The van der Waals surface area contributed by atoms with Crippen molar-refractivity contribution in [3.8, 4) is 0 Å². The molecule has 156 valence electrons. The number of hydrogen-bond acceptors (Lipinski definition) is 3. The minimum atomic E-state index is -4.64. The van der Waals surface area contributed by atoms with Crippen molar-refractivity contribution in [2.75, 3.05) is 4.90 Å². The van der Waals surface area contributed by atoms with Crippen LogP contribution in [0.1, 0.15) is 34.1 Å². The first-order chi connectivity index (χ1) is 14.8. The van der Waals surface area contributed by atoms with Gasteiger partial charge in [0.25, 0.3) is 0 Å². The van der Waals surface area contributed by atoms with Crippen molar-refractivity contribution in [2.45, 2.75) is 25.6 Å². The second-order valence-corrected chi connectivity index (χ2v) is 7.56. The molecule has 0 spiro atoms. The average molecular weight is 422 g/mol. The zero-order valence-electron chi connectivity index (χ0n) is 16.4. The Morgan fingerprint density at radius 2 is 1.81 bits per heavy atom. The average Bonchev–Trinajstić information content (AvgIpc) is 3.11. The zero-order chi connectivity index (χ0) is 21.8. The number of carbonyl (C=O) groups excluding carboxylic acids is 1. The molecular weight excluding hydrogens is 405 g/mol. The van der Waals surface area contributed by atoms with Crippen molar-refractivity contribution in [3.63, 3.8) is 0 Å². The first-order valence-corrected chi connectivity index (χ1v) is 9.71. The number of halogens is 3. The first-order valence-electron chi connectivity index (χ1n) is 9.71. The number of benzene rings is 2. The fraction of sp³-hybridized carbons (Fsp3) is 0.174. The van der Waals surface area contributed by atoms with E-state index in [1.54, 1.807) is 0 Å². The largest absolute Gasteiger partial charge is 0.433 e. The summed E-state index contributed by atoms with van der Waals surface area (Å²) in [7, 11) is 0. The van der Waals surface area contributed by atoms with Gasteiger partial charge in [-0.1, -0.05) is 48.0 Å². The van der Waals surface area contributed by atoms with Crippen molar-refractivity contribution in [1.29, 1.82) is 0 Å². The van der Waals surface area contributed by atoms with Crippen LogP contribution in [0.3, 0.4) is 0 Å². The van der Waals surface area contributed by atoms with E-state index in [1.165, 1.54) is 4.90 Å². The number of alkyl halides is 3. The van der Waals surface area contributed by atoms with Gasteiger partial charge in [-0.05, 0) is 30.2 Å². The molecule has 1 amide bonds. The van der Waals surface area contributed by atoms with Gasteiger partial charge in [0.05, 0.1) is 6.42 Å². The van der Waals surface area contributed by atoms with Gasteiger partial charge in [-0.2, -0.15) is 13.2 Å². The zero-order valence-corrected chi connectivity index (χ0v) is 16.4. The number of hydrogen-bond donors (Lipinski definition) is 1. The molecule has 31 heavy (non-hydrogen) atoms. The van der Waals surface area contributed by atoms with Crippen LogP contribution in [0.5, 0.6) is 0 Å². The summed E-state index contributed by atoms with van der Waals surface area (Å²) in [5.74, 6) is -0.628. The number of nitrogens with zero attached hydrogens (tertiary/aromatic N) is 3. The van der Waals surface area contributed by atoms with Gasteiger partial charge in [-0.25, -0.2) is 9.97 Å². The molecule has 0 saturated heterocycles. The number of aromatic nitrogens is 3. The predicted molar refractivity (Wildman–Crippen MR) is 110 cm³/mol. The fourth-order valence-electron chi connectivity index (χ4n) is 4.07. The summed E-state index contributed by atoms with van der Waals surface area (Å²) in [4.78, 5) is 25.6. The molecule has 1 aliphatic rings. The number of amides is 1. The van der Waals surface area contributed by atoms with E-state index in [0.29, 0.717) is 0 Å². The molecule has 5 nitrogen and oxygen atoms in total. The first kappa shape index (κ1) is 19.3. The van der Waals surface area contributed by atoms with Gasteiger partial charge < -0.3 is 4.98 Å². The van der Waals surface area contributed by atoms with Crippen molar-refractivity contribution in [1.82, 2.24) is 15.0 Å². The van der Waals surface area contributed by atoms with E-state index in [4.69, 9.17) is 0 Å². The summed E-state index contributed by atoms with van der Waals surface area (Å²) < 4.78 is 39.8. The van der Waals surface area contributed by atoms with E-state index in [-0.39, 0.29) is 18.3 Å². The lowest BCUT2D eigenvalue weighted by molar-refractivity contribution is -0.141. The second-order valence-electron chi connectivity index (χ2n) is 7.56. The van der Waals surface area contributed by atoms with Crippen LogP contribution in [0, 0.1) is 6.92 Å². The summed E-state index contributed by atoms with van der Waals surface area (Å²) in [5, 5.41) is 0.924. The third-order valence-corrected chi connectivity index (χ3v) is 5.52. The van der Waals surface area contributed by atoms with Crippen molar-refractivity contribution in [2.24, 2.45) is 0 Å². The van der Waals surface area contributed by atoms with E-state index in [0.717, 1.165) is 45.6 Å². The van der Waals surface area contributed by atoms with E-state index in [9.17, 15) is 18.0 Å². The Balaban J connectivity index is 1.74. The topological polar surface area (TPSA) is 61.9 Å². The molecule has 0 saturated carbocycles. The van der Waals surface area contributed by atoms with Crippen molar-refractivity contribution >= 4 is 22.8 Å². The monoisotopic (exact) mass is 422 g/mol. The van der Waals surface area contributed by atoms with Gasteiger partial charge in [0, 0.05) is 22.8 Å². The highest BCUT2D eigenvalue weighted by Crippen LogP contribution is 2.41. The third kappa shape index (κ3) is 3.24. The Kier molecular flexibility index (Phi) is 4.32. The Morgan fingerprint density at radius 3 is 2.55 bits per heavy atom. The van der Waals surface area contributed by atoms with E-state index in [2.05, 4.69) is 15.0 Å². The van der Waals surface area contributed by atoms with Crippen molar-refractivity contribution < 1.29 is 18.0 Å². The molecule has 0 fully saturated rings. The molecule has 8 heteroatoms. The lowest BCUT2D eigenvalue weighted by Crippen LogP contribution is -2.42. The number of rotatable bonds is 2. The molecule has 1 atom stereocenters. The number of carbonyl (C=O) groups is 1. The number of aromatic amines is 1. The summed E-state index contributed by atoms with van der Waals surface area (Å²) >= 11 is 0. The maximum Gasteiger partial charge on any atom is 0.433 e. The maximum absolute atomic E-state index is 13.3. The number of fused-ring (bicyclic) bond motifs is 3. The quantitative estimate of drug-likeness (QED) is 0.497. The Bertz CT molecular complexity index is 1290. The van der Waals surface area contributed by atoms with Crippen LogP contribution in [0.4, 0.5) is 19.1 Å². The van der Waals surface area contributed by atoms with Crippen molar-refractivity contribution in [3.05, 3.63) is 88.9 Å². The molecule has 5 rings (SSSR count). The molecule has 3 heterocycles. The summed E-state index contributed by atoms with van der Waals surface area (Å²) in [6.45, 7) is 1.94. The molecule has 0 aliphatic carbocycles. The minimum Gasteiger partial charge on any atom is -0.356 e. The SMILES string of the molecule is Cc1ccc(C2c3[nH]c4ccccc4c3CC(=O)N2c2nccc(C(F)(F)F)n2)cc1. The highest BCUT2D eigenvalue weighted by atomic mass is 19.4. The van der Waals surface area contributed by atoms with Crippen LogP contribution < -0.4 is 4.90 Å². The predicted octanol–water partition coefficient (Wildman–Crippen LogP) is 4.96. The highest BCUT2D eigenvalue weighted by molar-refractivity contribution is 6.01. The van der Waals surface area contributed by atoms with Gasteiger partial charge in [0.2, 0.25) is 11.9 Å². The lowest BCUT2D eigenvalue weighted by Gasteiger charge is -2.34. The third-order valence-electron chi connectivity index (χ3n) is 5.52. The Hall–Kier alpha value is -3.68. The molecule has 1 aliphatic heterocycles. The number of nitrogens with one attached hydrogen (secondary N) is 1. The van der Waals surface area contributed by atoms with E-state index >= 15 is 0 Å². The number of H-pyrrole nitrogens is 1. The van der Waals surface area contributed by atoms with E-state index < -0.39 is 17.9 Å². The van der Waals surface area contributed by atoms with Crippen LogP contribution >= 0.6 is 0 Å². The molecule has 4 aromatic rings. The normalized spacial score (nSPS) is 16.6. The molecule has 1 N–H and O–H groups in total. The number of anilines is 1. The fourth-order valence-corrected chi connectivity index (χ4v) is 4.07. The van der Waals surface area contributed by atoms with Gasteiger partial charge in [-0.3, -0.25) is 9.69 Å². The van der Waals surface area contributed by atoms with Crippen LogP contribution in [0.25, 0.3) is 10.9 Å². The molecule has 1 unspecified atom stereocenters. The number of aryl methyl sites for hydroxylation is 1.